The third-order valence-electron chi connectivity index (χ3n) is 5.57. The highest BCUT2D eigenvalue weighted by molar-refractivity contribution is 5.44. The summed E-state index contributed by atoms with van der Waals surface area (Å²) in [4.78, 5) is 2.54. The predicted molar refractivity (Wildman–Crippen MR) is 81.8 cm³/mol. The van der Waals surface area contributed by atoms with E-state index in [2.05, 4.69) is 36.7 Å². The third kappa shape index (κ3) is 1.93. The molecule has 0 radical (unpaired) electrons. The van der Waals surface area contributed by atoms with E-state index in [-0.39, 0.29) is 5.41 Å². The van der Waals surface area contributed by atoms with Gasteiger partial charge >= 0.3 is 0 Å². The van der Waals surface area contributed by atoms with Crippen LogP contribution in [0.25, 0.3) is 0 Å². The lowest BCUT2D eigenvalue weighted by Gasteiger charge is -2.54. The van der Waals surface area contributed by atoms with E-state index in [1.165, 1.54) is 11.1 Å². The molecule has 2 bridgehead atoms. The maximum Gasteiger partial charge on any atom is 0.115 e. The first kappa shape index (κ1) is 13.5. The molecule has 1 heterocycles. The molecule has 1 aromatic rings. The minimum atomic E-state index is 0.188. The van der Waals surface area contributed by atoms with Gasteiger partial charge in [-0.3, -0.25) is 4.90 Å². The number of phenolic OH excluding ortho intramolecular Hbond substituents is 1. The Morgan fingerprint density at radius 2 is 2.25 bits per heavy atom. The molecule has 1 saturated heterocycles. The number of phenols is 1. The minimum Gasteiger partial charge on any atom is -0.508 e. The maximum atomic E-state index is 9.83. The van der Waals surface area contributed by atoms with Gasteiger partial charge in [-0.05, 0) is 54.4 Å². The van der Waals surface area contributed by atoms with Crippen LogP contribution in [0.4, 0.5) is 0 Å². The summed E-state index contributed by atoms with van der Waals surface area (Å²) in [6, 6.07) is 6.50. The zero-order valence-electron chi connectivity index (χ0n) is 12.6. The third-order valence-corrected chi connectivity index (χ3v) is 5.57. The molecule has 0 aromatic heterocycles. The van der Waals surface area contributed by atoms with Gasteiger partial charge < -0.3 is 5.11 Å². The molecule has 1 aromatic carbocycles. The van der Waals surface area contributed by atoms with E-state index in [0.717, 1.165) is 25.9 Å². The smallest absolute Gasteiger partial charge is 0.115 e. The number of fused-ring (bicyclic) bond motifs is 4. The van der Waals surface area contributed by atoms with Crippen molar-refractivity contribution in [1.29, 1.82) is 0 Å². The summed E-state index contributed by atoms with van der Waals surface area (Å²) in [7, 11) is 0. The molecule has 3 rings (SSSR count). The highest BCUT2D eigenvalue weighted by atomic mass is 16.3. The molecule has 2 aliphatic rings. The molecule has 2 heteroatoms. The summed E-state index contributed by atoms with van der Waals surface area (Å²) >= 11 is 0. The molecule has 0 saturated carbocycles. The Morgan fingerprint density at radius 1 is 1.45 bits per heavy atom. The summed E-state index contributed by atoms with van der Waals surface area (Å²) in [6.07, 6.45) is 2.23. The lowest BCUT2D eigenvalue weighted by atomic mass is 9.59. The monoisotopic (exact) mass is 269 g/mol. The second-order valence-electron chi connectivity index (χ2n) is 6.47. The molecule has 3 atom stereocenters. The summed E-state index contributed by atoms with van der Waals surface area (Å²) in [5, 5.41) is 9.83. The van der Waals surface area contributed by atoms with Gasteiger partial charge in [-0.25, -0.2) is 0 Å². The molecular weight excluding hydrogens is 246 g/mol. The Labute approximate surface area is 121 Å². The van der Waals surface area contributed by atoms with Crippen LogP contribution in [0, 0.1) is 17.8 Å². The van der Waals surface area contributed by atoms with Gasteiger partial charge in [0.1, 0.15) is 5.75 Å². The molecule has 0 spiro atoms. The summed E-state index contributed by atoms with van der Waals surface area (Å²) in [6.45, 7) is 8.63. The predicted octanol–water partition coefficient (Wildman–Crippen LogP) is 2.94. The van der Waals surface area contributed by atoms with Crippen LogP contribution in [-0.2, 0) is 11.8 Å². The van der Waals surface area contributed by atoms with Gasteiger partial charge in [-0.2, -0.15) is 0 Å². The molecule has 1 N–H and O–H groups in total. The van der Waals surface area contributed by atoms with Crippen LogP contribution in [-0.4, -0.2) is 29.1 Å². The summed E-state index contributed by atoms with van der Waals surface area (Å²) in [5.41, 5.74) is 2.96. The number of likely N-dealkylation sites (tertiary alicyclic amines) is 1. The van der Waals surface area contributed by atoms with E-state index in [9.17, 15) is 5.11 Å². The minimum absolute atomic E-state index is 0.188. The van der Waals surface area contributed by atoms with Crippen LogP contribution >= 0.6 is 0 Å². The van der Waals surface area contributed by atoms with Crippen molar-refractivity contribution in [2.45, 2.75) is 45.1 Å². The standard InChI is InChI=1S/C18H23NO/c1-4-5-9-19-10-8-18(3)13(2)17(19)11-14-6-7-15(20)12-16(14)18/h6-7,12-13,17,20H,8-11H2,1-3H3/t13-,17-,18-/m0/s1. The van der Waals surface area contributed by atoms with Crippen LogP contribution < -0.4 is 0 Å². The van der Waals surface area contributed by atoms with E-state index >= 15 is 0 Å². The fraction of sp³-hybridized carbons (Fsp3) is 0.556. The average Bonchev–Trinajstić information content (AvgIpc) is 2.43. The zero-order valence-corrected chi connectivity index (χ0v) is 12.6. The van der Waals surface area contributed by atoms with Crippen molar-refractivity contribution in [2.24, 2.45) is 5.92 Å². The Kier molecular flexibility index (Phi) is 3.26. The number of piperidine rings is 1. The molecule has 2 nitrogen and oxygen atoms in total. The lowest BCUT2D eigenvalue weighted by molar-refractivity contribution is 0.0412. The van der Waals surface area contributed by atoms with Crippen LogP contribution in [0.3, 0.4) is 0 Å². The zero-order chi connectivity index (χ0) is 14.3. The number of nitrogens with zero attached hydrogens (tertiary/aromatic N) is 1. The van der Waals surface area contributed by atoms with Gasteiger partial charge in [-0.1, -0.05) is 25.8 Å². The quantitative estimate of drug-likeness (QED) is 0.792. The van der Waals surface area contributed by atoms with Gasteiger partial charge in [0, 0.05) is 12.6 Å². The summed E-state index contributed by atoms with van der Waals surface area (Å²) < 4.78 is 0. The van der Waals surface area contributed by atoms with Crippen molar-refractivity contribution in [3.63, 3.8) is 0 Å². The SMILES string of the molecule is CC#CCN1CC[C@]2(C)c3cc(O)ccc3C[C@H]1[C@@H]2C. The molecule has 0 amide bonds. The van der Waals surface area contributed by atoms with Crippen molar-refractivity contribution in [3.8, 4) is 17.6 Å². The lowest BCUT2D eigenvalue weighted by Crippen LogP contribution is -2.57. The van der Waals surface area contributed by atoms with Crippen molar-refractivity contribution in [1.82, 2.24) is 4.90 Å². The fourth-order valence-electron chi connectivity index (χ4n) is 4.07. The first-order chi connectivity index (χ1) is 9.56. The van der Waals surface area contributed by atoms with E-state index in [0.29, 0.717) is 17.7 Å². The number of benzene rings is 1. The molecule has 1 aliphatic heterocycles. The van der Waals surface area contributed by atoms with Crippen LogP contribution in [0.15, 0.2) is 18.2 Å². The Hall–Kier alpha value is -1.46. The Balaban J connectivity index is 2.01. The largest absolute Gasteiger partial charge is 0.508 e. The van der Waals surface area contributed by atoms with Gasteiger partial charge in [0.05, 0.1) is 6.54 Å². The molecule has 20 heavy (non-hydrogen) atoms. The number of rotatable bonds is 1. The van der Waals surface area contributed by atoms with E-state index in [1.807, 2.05) is 19.1 Å². The first-order valence-electron chi connectivity index (χ1n) is 7.52. The van der Waals surface area contributed by atoms with Crippen molar-refractivity contribution in [2.75, 3.05) is 13.1 Å². The molecule has 1 aliphatic carbocycles. The van der Waals surface area contributed by atoms with Gasteiger partial charge in [0.25, 0.3) is 0 Å². The topological polar surface area (TPSA) is 23.5 Å². The molecule has 0 unspecified atom stereocenters. The van der Waals surface area contributed by atoms with Gasteiger partial charge in [0.15, 0.2) is 0 Å². The van der Waals surface area contributed by atoms with Gasteiger partial charge in [-0.15, -0.1) is 5.92 Å². The fourth-order valence-corrected chi connectivity index (χ4v) is 4.07. The van der Waals surface area contributed by atoms with E-state index < -0.39 is 0 Å². The van der Waals surface area contributed by atoms with Crippen molar-refractivity contribution >= 4 is 0 Å². The van der Waals surface area contributed by atoms with Crippen LogP contribution in [0.2, 0.25) is 0 Å². The van der Waals surface area contributed by atoms with Crippen molar-refractivity contribution < 1.29 is 5.11 Å². The maximum absolute atomic E-state index is 9.83. The molecular formula is C18H23NO. The normalized spacial score (nSPS) is 32.1. The number of hydrogen-bond acceptors (Lipinski definition) is 2. The Bertz CT molecular complexity index is 583. The highest BCUT2D eigenvalue weighted by Gasteiger charge is 2.48. The van der Waals surface area contributed by atoms with Crippen LogP contribution in [0.1, 0.15) is 38.3 Å². The average molecular weight is 269 g/mol. The Morgan fingerprint density at radius 3 is 3.00 bits per heavy atom. The highest BCUT2D eigenvalue weighted by Crippen LogP contribution is 2.49. The number of aromatic hydroxyl groups is 1. The van der Waals surface area contributed by atoms with E-state index in [1.54, 1.807) is 0 Å². The van der Waals surface area contributed by atoms with Gasteiger partial charge in [0.2, 0.25) is 0 Å². The first-order valence-corrected chi connectivity index (χ1v) is 7.52. The molecule has 106 valence electrons. The van der Waals surface area contributed by atoms with Crippen molar-refractivity contribution in [3.05, 3.63) is 29.3 Å². The number of hydrogen-bond donors (Lipinski definition) is 1. The second kappa shape index (κ2) is 4.82. The van der Waals surface area contributed by atoms with E-state index in [4.69, 9.17) is 0 Å². The summed E-state index contributed by atoms with van der Waals surface area (Å²) in [5.74, 6) is 7.24. The van der Waals surface area contributed by atoms with Crippen LogP contribution in [0.5, 0.6) is 5.75 Å². The molecule has 1 fully saturated rings. The second-order valence-corrected chi connectivity index (χ2v) is 6.47.